The van der Waals surface area contributed by atoms with Crippen molar-refractivity contribution in [2.75, 3.05) is 18.5 Å². The van der Waals surface area contributed by atoms with Gasteiger partial charge in [-0.15, -0.1) is 0 Å². The van der Waals surface area contributed by atoms with Gasteiger partial charge in [0.15, 0.2) is 0 Å². The zero-order valence-electron chi connectivity index (χ0n) is 10.1. The second kappa shape index (κ2) is 5.18. The minimum atomic E-state index is -1.00. The number of anilines is 1. The van der Waals surface area contributed by atoms with E-state index >= 15 is 0 Å². The number of benzene rings is 1. The van der Waals surface area contributed by atoms with E-state index in [1.54, 1.807) is 6.07 Å². The zero-order chi connectivity index (χ0) is 13.1. The predicted octanol–water partition coefficient (Wildman–Crippen LogP) is 1.67. The molecule has 1 fully saturated rings. The molecule has 1 amide bonds. The molecule has 1 aliphatic heterocycles. The number of carbonyl (C=O) groups is 2. The van der Waals surface area contributed by atoms with Crippen LogP contribution in [-0.4, -0.2) is 30.2 Å². The Morgan fingerprint density at radius 3 is 2.83 bits per heavy atom. The number of hydrogen-bond acceptors (Lipinski definition) is 3. The smallest absolute Gasteiger partial charge is 0.335 e. The number of carboxylic acid groups (broad SMARTS) is 1. The van der Waals surface area contributed by atoms with Crippen molar-refractivity contribution in [3.05, 3.63) is 29.3 Å². The first-order valence-corrected chi connectivity index (χ1v) is 5.80. The number of ether oxygens (including phenoxy) is 1. The highest BCUT2D eigenvalue weighted by Crippen LogP contribution is 2.20. The van der Waals surface area contributed by atoms with Gasteiger partial charge in [0.1, 0.15) is 0 Å². The summed E-state index contributed by atoms with van der Waals surface area (Å²) in [6.07, 6.45) is 0.712. The lowest BCUT2D eigenvalue weighted by molar-refractivity contribution is -0.119. The Bertz CT molecular complexity index is 478. The lowest BCUT2D eigenvalue weighted by Crippen LogP contribution is -2.23. The molecule has 96 valence electrons. The Morgan fingerprint density at radius 1 is 1.44 bits per heavy atom. The van der Waals surface area contributed by atoms with Gasteiger partial charge in [0.05, 0.1) is 18.1 Å². The summed E-state index contributed by atoms with van der Waals surface area (Å²) in [5, 5.41) is 11.7. The van der Waals surface area contributed by atoms with Gasteiger partial charge in [-0.1, -0.05) is 6.07 Å². The van der Waals surface area contributed by atoms with Gasteiger partial charge in [-0.25, -0.2) is 4.79 Å². The van der Waals surface area contributed by atoms with Crippen LogP contribution in [0.3, 0.4) is 0 Å². The van der Waals surface area contributed by atoms with Gasteiger partial charge >= 0.3 is 5.97 Å². The molecular weight excluding hydrogens is 234 g/mol. The van der Waals surface area contributed by atoms with Crippen LogP contribution >= 0.6 is 0 Å². The van der Waals surface area contributed by atoms with E-state index in [0.29, 0.717) is 25.3 Å². The molecule has 0 bridgehead atoms. The monoisotopic (exact) mass is 249 g/mol. The van der Waals surface area contributed by atoms with E-state index in [4.69, 9.17) is 9.84 Å². The van der Waals surface area contributed by atoms with Crippen molar-refractivity contribution in [2.24, 2.45) is 5.92 Å². The van der Waals surface area contributed by atoms with Gasteiger partial charge in [-0.2, -0.15) is 0 Å². The van der Waals surface area contributed by atoms with E-state index in [0.717, 1.165) is 5.56 Å². The van der Waals surface area contributed by atoms with E-state index < -0.39 is 5.97 Å². The number of nitrogens with one attached hydrogen (secondary N) is 1. The number of hydrogen-bond donors (Lipinski definition) is 2. The van der Waals surface area contributed by atoms with Crippen LogP contribution in [-0.2, 0) is 9.53 Å². The first kappa shape index (κ1) is 12.6. The van der Waals surface area contributed by atoms with Crippen molar-refractivity contribution in [3.8, 4) is 0 Å². The van der Waals surface area contributed by atoms with Crippen LogP contribution in [0.5, 0.6) is 0 Å². The van der Waals surface area contributed by atoms with Crippen LogP contribution in [0, 0.1) is 12.8 Å². The van der Waals surface area contributed by atoms with Crippen LogP contribution < -0.4 is 5.32 Å². The minimum Gasteiger partial charge on any atom is -0.478 e. The average molecular weight is 249 g/mol. The minimum absolute atomic E-state index is 0.113. The zero-order valence-corrected chi connectivity index (χ0v) is 10.1. The fourth-order valence-corrected chi connectivity index (χ4v) is 1.87. The Hall–Kier alpha value is -1.88. The Morgan fingerprint density at radius 2 is 2.22 bits per heavy atom. The standard InChI is InChI=1S/C13H15NO4/c1-8-2-3-9(13(16)17)6-11(8)14-12(15)10-4-5-18-7-10/h2-3,6,10H,4-5,7H2,1H3,(H,14,15)(H,16,17). The number of aryl methyl sites for hydroxylation is 1. The normalized spacial score (nSPS) is 18.6. The average Bonchev–Trinajstić information content (AvgIpc) is 2.85. The maximum Gasteiger partial charge on any atom is 0.335 e. The van der Waals surface area contributed by atoms with Gasteiger partial charge < -0.3 is 15.2 Å². The molecule has 0 spiro atoms. The molecule has 0 saturated carbocycles. The second-order valence-corrected chi connectivity index (χ2v) is 4.38. The summed E-state index contributed by atoms with van der Waals surface area (Å²) < 4.78 is 5.15. The third-order valence-corrected chi connectivity index (χ3v) is 3.04. The molecule has 2 rings (SSSR count). The van der Waals surface area contributed by atoms with E-state index in [9.17, 15) is 9.59 Å². The first-order valence-electron chi connectivity index (χ1n) is 5.80. The number of aromatic carboxylic acids is 1. The van der Waals surface area contributed by atoms with Crippen molar-refractivity contribution >= 4 is 17.6 Å². The Balaban J connectivity index is 2.14. The van der Waals surface area contributed by atoms with E-state index in [1.165, 1.54) is 12.1 Å². The molecule has 0 aliphatic carbocycles. The summed E-state index contributed by atoms with van der Waals surface area (Å²) in [7, 11) is 0. The quantitative estimate of drug-likeness (QED) is 0.854. The molecule has 5 heteroatoms. The fraction of sp³-hybridized carbons (Fsp3) is 0.385. The van der Waals surface area contributed by atoms with Gasteiger partial charge in [-0.05, 0) is 31.0 Å². The van der Waals surface area contributed by atoms with Crippen LogP contribution in [0.4, 0.5) is 5.69 Å². The maximum absolute atomic E-state index is 11.9. The molecule has 1 aliphatic rings. The maximum atomic E-state index is 11.9. The van der Waals surface area contributed by atoms with Crippen molar-refractivity contribution in [3.63, 3.8) is 0 Å². The molecule has 1 aromatic rings. The number of amides is 1. The summed E-state index contributed by atoms with van der Waals surface area (Å²) in [6, 6.07) is 4.68. The molecular formula is C13H15NO4. The predicted molar refractivity (Wildman–Crippen MR) is 65.7 cm³/mol. The molecule has 1 aromatic carbocycles. The molecule has 2 N–H and O–H groups in total. The SMILES string of the molecule is Cc1ccc(C(=O)O)cc1NC(=O)C1CCOC1. The van der Waals surface area contributed by atoms with Crippen molar-refractivity contribution in [1.82, 2.24) is 0 Å². The summed E-state index contributed by atoms with van der Waals surface area (Å²) in [5.74, 6) is -1.26. The third kappa shape index (κ3) is 2.68. The lowest BCUT2D eigenvalue weighted by atomic mass is 10.1. The van der Waals surface area contributed by atoms with Crippen LogP contribution in [0.25, 0.3) is 0 Å². The van der Waals surface area contributed by atoms with Gasteiger partial charge in [0, 0.05) is 12.3 Å². The Kier molecular flexibility index (Phi) is 3.62. The van der Waals surface area contributed by atoms with Gasteiger partial charge in [0.25, 0.3) is 0 Å². The van der Waals surface area contributed by atoms with Gasteiger partial charge in [-0.3, -0.25) is 4.79 Å². The highest BCUT2D eigenvalue weighted by molar-refractivity contribution is 5.95. The van der Waals surface area contributed by atoms with E-state index in [1.807, 2.05) is 6.92 Å². The molecule has 1 atom stereocenters. The van der Waals surface area contributed by atoms with E-state index in [-0.39, 0.29) is 17.4 Å². The van der Waals surface area contributed by atoms with Crippen LogP contribution in [0.1, 0.15) is 22.3 Å². The van der Waals surface area contributed by atoms with Crippen LogP contribution in [0.15, 0.2) is 18.2 Å². The summed E-state index contributed by atoms with van der Waals surface area (Å²) >= 11 is 0. The summed E-state index contributed by atoms with van der Waals surface area (Å²) in [5.41, 5.74) is 1.55. The highest BCUT2D eigenvalue weighted by atomic mass is 16.5. The topological polar surface area (TPSA) is 75.6 Å². The number of carbonyl (C=O) groups excluding carboxylic acids is 1. The first-order chi connectivity index (χ1) is 8.58. The fourth-order valence-electron chi connectivity index (χ4n) is 1.87. The second-order valence-electron chi connectivity index (χ2n) is 4.38. The Labute approximate surface area is 105 Å². The summed E-state index contributed by atoms with van der Waals surface area (Å²) in [4.78, 5) is 22.8. The summed E-state index contributed by atoms with van der Waals surface area (Å²) in [6.45, 7) is 2.86. The van der Waals surface area contributed by atoms with Crippen molar-refractivity contribution in [2.45, 2.75) is 13.3 Å². The largest absolute Gasteiger partial charge is 0.478 e. The molecule has 1 unspecified atom stereocenters. The van der Waals surface area contributed by atoms with E-state index in [2.05, 4.69) is 5.32 Å². The number of carboxylic acids is 1. The third-order valence-electron chi connectivity index (χ3n) is 3.04. The van der Waals surface area contributed by atoms with Crippen LogP contribution in [0.2, 0.25) is 0 Å². The van der Waals surface area contributed by atoms with Gasteiger partial charge in [0.2, 0.25) is 5.91 Å². The molecule has 0 aromatic heterocycles. The molecule has 0 radical (unpaired) electrons. The number of rotatable bonds is 3. The molecule has 1 saturated heterocycles. The molecule has 5 nitrogen and oxygen atoms in total. The molecule has 1 heterocycles. The lowest BCUT2D eigenvalue weighted by Gasteiger charge is -2.12. The molecule has 18 heavy (non-hydrogen) atoms. The van der Waals surface area contributed by atoms with Crippen molar-refractivity contribution < 1.29 is 19.4 Å². The highest BCUT2D eigenvalue weighted by Gasteiger charge is 2.24. The van der Waals surface area contributed by atoms with Crippen molar-refractivity contribution in [1.29, 1.82) is 0 Å².